The van der Waals surface area contributed by atoms with E-state index in [0.717, 1.165) is 90.3 Å². The molecular weight excluding hydrogens is 1550 g/mol. The molecule has 732 valence electrons. The number of hydrogen-bond donors (Lipinski definition) is 14. The van der Waals surface area contributed by atoms with Crippen molar-refractivity contribution < 1.29 is 85.1 Å². The molecule has 0 radical (unpaired) electrons. The maximum Gasteiger partial charge on any atom is 0.220 e. The van der Waals surface area contributed by atoms with Crippen LogP contribution in [0.2, 0.25) is 0 Å². The molecule has 0 saturated carbocycles. The van der Waals surface area contributed by atoms with E-state index in [2.05, 4.69) is 38.3 Å². The van der Waals surface area contributed by atoms with Crippen LogP contribution in [0.15, 0.2) is 12.2 Å². The summed E-state index contributed by atoms with van der Waals surface area (Å²) in [4.78, 5) is 26.2. The van der Waals surface area contributed by atoms with Gasteiger partial charge in [-0.2, -0.15) is 0 Å². The molecule has 2 aliphatic heterocycles. The Labute approximate surface area is 755 Å². The predicted molar refractivity (Wildman–Crippen MR) is 509 cm³/mol. The van der Waals surface area contributed by atoms with Crippen LogP contribution in [-0.4, -0.2) is 197 Å². The van der Waals surface area contributed by atoms with Gasteiger partial charge in [0, 0.05) is 26.1 Å². The Morgan fingerprint density at radius 3 is 0.870 bits per heavy atom. The third-order valence-electron chi connectivity index (χ3n) is 26.5. The summed E-state index contributed by atoms with van der Waals surface area (Å²) in [6.45, 7) is 9.81. The van der Waals surface area contributed by atoms with E-state index in [0.29, 0.717) is 25.7 Å². The Balaban J connectivity index is 0.00000123. The second-order valence-electron chi connectivity index (χ2n) is 38.0. The van der Waals surface area contributed by atoms with Crippen molar-refractivity contribution in [3.8, 4) is 0 Å². The van der Waals surface area contributed by atoms with Gasteiger partial charge in [-0.15, -0.1) is 0 Å². The van der Waals surface area contributed by atoms with Crippen LogP contribution >= 0.6 is 0 Å². The van der Waals surface area contributed by atoms with E-state index in [4.69, 9.17) is 14.2 Å². The maximum absolute atomic E-state index is 13.1. The Kier molecular flexibility index (Phi) is 85.2. The molecule has 2 amide bonds. The van der Waals surface area contributed by atoms with Crippen LogP contribution < -0.4 is 10.6 Å². The highest BCUT2D eigenvalue weighted by Crippen LogP contribution is 2.29. The Morgan fingerprint density at radius 2 is 0.545 bits per heavy atom. The predicted octanol–water partition coefficient (Wildman–Crippen LogP) is 22.4. The summed E-state index contributed by atoms with van der Waals surface area (Å²) in [5.74, 6) is -0.400. The quantitative estimate of drug-likeness (QED) is 0.0199. The van der Waals surface area contributed by atoms with Gasteiger partial charge < -0.3 is 86.1 Å². The standard InChI is InChI=1S/C54H105NO8.C50H99NO9/c1-3-5-7-9-11-13-15-17-18-19-20-21-22-23-24-25-26-27-28-29-30-32-34-36-38-40-42-50(58)55-46(43-44-48-52(60)54(62)53(61)49(45-56)63-48)51(59)47(57)41-39-37-35-33-31-16-14-12-10-8-6-4-2;1-3-5-7-8-9-10-11-19-22-25-28-31-35-43(53)47(55)42(37-38-44-48(56)50(58)49(57)45(41-52)60-44)51-46(54)36-32-29-26-23-20-17-15-13-12-14-16-18-21-24-27-30-34-40-59-39-33-6-4-2/h43-44,46-49,51-54,56-57,59-62H,3-42,45H2,1-2H3,(H,55,58);42-45,47-50,52-53,55-58H,3-41H2,1-2H3,(H,51,54)/b44-43+;/t46-,47+,48+,49?,51-,52?,53-,54+;42-,43+,44+,45?,47-,48?,49-,50+/m00/s1. The van der Waals surface area contributed by atoms with E-state index < -0.39 is 111 Å². The molecule has 4 unspecified atom stereocenters. The lowest BCUT2D eigenvalue weighted by Crippen LogP contribution is -2.59. The lowest BCUT2D eigenvalue weighted by molar-refractivity contribution is -0.231. The molecular formula is C104H204N2O17. The summed E-state index contributed by atoms with van der Waals surface area (Å²) in [5.41, 5.74) is 0. The minimum absolute atomic E-state index is 0.158. The van der Waals surface area contributed by atoms with Gasteiger partial charge in [0.1, 0.15) is 61.0 Å². The second-order valence-corrected chi connectivity index (χ2v) is 38.0. The SMILES string of the molecule is CCCCCCCCCCCCCCCCCCCCCCCCCCCCC(=O)N[C@@H](/C=C/[C@H]1OC(CO)[C@H](O)[C@H](O)C1O)[C@H](O)[C@H](O)CCCCCCCCCCCCCC.CCCCCCCCCCCCCC[C@@H](O)[C@@H](O)[C@H](CC[C@H]1OC(CO)[C@H](O)[C@H](O)C1O)NC(=O)CCCCCCCCCCCCCCCCCCCOCCCCC. The number of aliphatic hydroxyl groups is 12. The molecule has 0 aliphatic carbocycles. The number of carbonyl (C=O) groups is 2. The molecule has 14 N–H and O–H groups in total. The zero-order chi connectivity index (χ0) is 89.9. The minimum atomic E-state index is -1.53. The van der Waals surface area contributed by atoms with Gasteiger partial charge in [-0.3, -0.25) is 9.59 Å². The second kappa shape index (κ2) is 88.0. The van der Waals surface area contributed by atoms with Crippen LogP contribution in [0.1, 0.15) is 516 Å². The zero-order valence-electron chi connectivity index (χ0n) is 80.4. The van der Waals surface area contributed by atoms with Crippen molar-refractivity contribution in [1.82, 2.24) is 10.6 Å². The molecule has 16 atom stereocenters. The average Bonchev–Trinajstić information content (AvgIpc) is 0.821. The summed E-state index contributed by atoms with van der Waals surface area (Å²) in [5, 5.41) is 131. The molecule has 2 fully saturated rings. The number of carbonyl (C=O) groups excluding carboxylic acids is 2. The number of aliphatic hydroxyl groups excluding tert-OH is 12. The maximum atomic E-state index is 13.1. The van der Waals surface area contributed by atoms with Gasteiger partial charge >= 0.3 is 0 Å². The fourth-order valence-corrected chi connectivity index (χ4v) is 17.9. The normalized spacial score (nSPS) is 20.8. The number of nitrogens with one attached hydrogen (secondary N) is 2. The van der Waals surface area contributed by atoms with Gasteiger partial charge in [-0.25, -0.2) is 0 Å². The van der Waals surface area contributed by atoms with Gasteiger partial charge in [0.05, 0.1) is 49.7 Å². The first-order valence-electron chi connectivity index (χ1n) is 53.2. The molecule has 19 heteroatoms. The van der Waals surface area contributed by atoms with Crippen molar-refractivity contribution in [3.63, 3.8) is 0 Å². The average molecular weight is 1750 g/mol. The van der Waals surface area contributed by atoms with Crippen molar-refractivity contribution in [2.75, 3.05) is 26.4 Å². The van der Waals surface area contributed by atoms with E-state index in [9.17, 15) is 70.9 Å². The van der Waals surface area contributed by atoms with Crippen molar-refractivity contribution in [1.29, 1.82) is 0 Å². The number of ether oxygens (including phenoxy) is 3. The summed E-state index contributed by atoms with van der Waals surface area (Å²) in [7, 11) is 0. The van der Waals surface area contributed by atoms with Crippen LogP contribution in [0.25, 0.3) is 0 Å². The van der Waals surface area contributed by atoms with Gasteiger partial charge in [-0.1, -0.05) is 464 Å². The van der Waals surface area contributed by atoms with Gasteiger partial charge in [-0.05, 0) is 51.4 Å². The van der Waals surface area contributed by atoms with Gasteiger partial charge in [0.15, 0.2) is 0 Å². The Hall–Kier alpha value is -1.92. The van der Waals surface area contributed by atoms with E-state index in [1.807, 2.05) is 0 Å². The Bertz CT molecular complexity index is 2240. The number of amides is 2. The minimum Gasteiger partial charge on any atom is -0.394 e. The largest absolute Gasteiger partial charge is 0.394 e. The summed E-state index contributed by atoms with van der Waals surface area (Å²) in [6.07, 6.45) is 75.9. The van der Waals surface area contributed by atoms with E-state index >= 15 is 0 Å². The summed E-state index contributed by atoms with van der Waals surface area (Å²) < 4.78 is 17.0. The number of rotatable bonds is 90. The zero-order valence-corrected chi connectivity index (χ0v) is 80.4. The topological polar surface area (TPSA) is 329 Å². The lowest BCUT2D eigenvalue weighted by Gasteiger charge is -2.40. The monoisotopic (exact) mass is 1750 g/mol. The third kappa shape index (κ3) is 67.9. The molecule has 0 aromatic rings. The molecule has 0 bridgehead atoms. The number of hydrogen-bond acceptors (Lipinski definition) is 17. The van der Waals surface area contributed by atoms with Crippen LogP contribution in [0, 0.1) is 0 Å². The summed E-state index contributed by atoms with van der Waals surface area (Å²) >= 11 is 0. The fourth-order valence-electron chi connectivity index (χ4n) is 17.9. The van der Waals surface area contributed by atoms with E-state index in [1.165, 1.54) is 385 Å². The molecule has 2 rings (SSSR count). The highest BCUT2D eigenvalue weighted by molar-refractivity contribution is 5.76. The first-order chi connectivity index (χ1) is 60.0. The first kappa shape index (κ1) is 119. The highest BCUT2D eigenvalue weighted by Gasteiger charge is 2.45. The first-order valence-corrected chi connectivity index (χ1v) is 53.2. The van der Waals surface area contributed by atoms with Crippen LogP contribution in [0.3, 0.4) is 0 Å². The fraction of sp³-hybridized carbons (Fsp3) is 0.962. The smallest absolute Gasteiger partial charge is 0.220 e. The van der Waals surface area contributed by atoms with Crippen molar-refractivity contribution in [2.24, 2.45) is 0 Å². The summed E-state index contributed by atoms with van der Waals surface area (Å²) in [6, 6.07) is -1.71. The molecule has 0 aromatic carbocycles. The van der Waals surface area contributed by atoms with E-state index in [1.54, 1.807) is 0 Å². The Morgan fingerprint density at radius 1 is 0.293 bits per heavy atom. The van der Waals surface area contributed by atoms with E-state index in [-0.39, 0.29) is 24.7 Å². The molecule has 123 heavy (non-hydrogen) atoms. The van der Waals surface area contributed by atoms with Crippen LogP contribution in [-0.2, 0) is 23.8 Å². The van der Waals surface area contributed by atoms with Crippen molar-refractivity contribution in [2.45, 2.75) is 613 Å². The molecule has 0 spiro atoms. The molecule has 2 saturated heterocycles. The highest BCUT2D eigenvalue weighted by atomic mass is 16.6. The molecule has 19 nitrogen and oxygen atoms in total. The number of unbranched alkanes of at least 4 members (excludes halogenated alkanes) is 65. The molecule has 0 aromatic heterocycles. The van der Waals surface area contributed by atoms with Crippen LogP contribution in [0.5, 0.6) is 0 Å². The van der Waals surface area contributed by atoms with Gasteiger partial charge in [0.2, 0.25) is 11.8 Å². The molecule has 2 heterocycles. The lowest BCUT2D eigenvalue weighted by atomic mass is 9.90. The third-order valence-corrected chi connectivity index (χ3v) is 26.5. The molecule has 2 aliphatic rings. The van der Waals surface area contributed by atoms with Crippen molar-refractivity contribution >= 4 is 11.8 Å². The van der Waals surface area contributed by atoms with Crippen molar-refractivity contribution in [3.05, 3.63) is 12.2 Å². The van der Waals surface area contributed by atoms with Crippen LogP contribution in [0.4, 0.5) is 0 Å². The van der Waals surface area contributed by atoms with Gasteiger partial charge in [0.25, 0.3) is 0 Å².